The summed E-state index contributed by atoms with van der Waals surface area (Å²) in [7, 11) is 0. The Morgan fingerprint density at radius 1 is 1.42 bits per heavy atom. The van der Waals surface area contributed by atoms with Crippen molar-refractivity contribution in [2.24, 2.45) is 11.3 Å². The second-order valence-electron chi connectivity index (χ2n) is 4.91. The van der Waals surface area contributed by atoms with E-state index in [1.807, 2.05) is 20.8 Å². The minimum absolute atomic E-state index is 0.0463. The van der Waals surface area contributed by atoms with E-state index in [1.54, 1.807) is 0 Å². The summed E-state index contributed by atoms with van der Waals surface area (Å²) in [6.07, 6.45) is 0.789. The van der Waals surface area contributed by atoms with Gasteiger partial charge in [0.05, 0.1) is 12.2 Å². The molecule has 1 rings (SSSR count). The Bertz CT molecular complexity index is 148. The fourth-order valence-electron chi connectivity index (χ4n) is 1.61. The Kier molecular flexibility index (Phi) is 2.79. The van der Waals surface area contributed by atoms with Gasteiger partial charge in [-0.2, -0.15) is 0 Å². The van der Waals surface area contributed by atoms with Crippen LogP contribution >= 0.6 is 0 Å². The zero-order valence-electron chi connectivity index (χ0n) is 8.50. The molecule has 1 aliphatic heterocycles. The molecule has 0 radical (unpaired) electrons. The van der Waals surface area contributed by atoms with E-state index in [-0.39, 0.29) is 17.6 Å². The highest BCUT2D eigenvalue weighted by molar-refractivity contribution is 4.86. The third-order valence-electron chi connectivity index (χ3n) is 2.64. The Balaban J connectivity index is 2.57. The fraction of sp³-hybridized carbons (Fsp3) is 1.00. The molecule has 0 spiro atoms. The number of ether oxygens (including phenoxy) is 1. The molecule has 0 bridgehead atoms. The van der Waals surface area contributed by atoms with E-state index in [4.69, 9.17) is 4.74 Å². The van der Waals surface area contributed by atoms with Crippen LogP contribution in [0.5, 0.6) is 0 Å². The minimum atomic E-state index is -0.338. The maximum absolute atomic E-state index is 9.93. The summed E-state index contributed by atoms with van der Waals surface area (Å²) in [6, 6.07) is 0. The van der Waals surface area contributed by atoms with Crippen molar-refractivity contribution in [3.05, 3.63) is 0 Å². The number of hydrogen-bond donors (Lipinski definition) is 1. The highest BCUT2D eigenvalue weighted by Gasteiger charge is 2.37. The van der Waals surface area contributed by atoms with Gasteiger partial charge in [-0.1, -0.05) is 27.7 Å². The zero-order chi connectivity index (χ0) is 9.35. The molecule has 72 valence electrons. The summed E-state index contributed by atoms with van der Waals surface area (Å²) >= 11 is 0. The number of aliphatic hydroxyl groups excluding tert-OH is 1. The van der Waals surface area contributed by atoms with E-state index < -0.39 is 0 Å². The molecule has 0 saturated carbocycles. The van der Waals surface area contributed by atoms with Crippen molar-refractivity contribution in [2.45, 2.75) is 46.3 Å². The van der Waals surface area contributed by atoms with E-state index in [2.05, 4.69) is 6.92 Å². The molecule has 2 heteroatoms. The lowest BCUT2D eigenvalue weighted by Gasteiger charge is -2.32. The second kappa shape index (κ2) is 3.35. The Labute approximate surface area is 74.9 Å². The zero-order valence-corrected chi connectivity index (χ0v) is 8.50. The summed E-state index contributed by atoms with van der Waals surface area (Å²) in [5.41, 5.74) is -0.0662. The Morgan fingerprint density at radius 3 is 2.33 bits per heavy atom. The highest BCUT2D eigenvalue weighted by atomic mass is 16.5. The molecule has 3 unspecified atom stereocenters. The van der Waals surface area contributed by atoms with Crippen LogP contribution in [0.25, 0.3) is 0 Å². The molecule has 1 aliphatic rings. The number of rotatable bonds is 1. The molecular formula is C10H20O2. The van der Waals surface area contributed by atoms with Crippen LogP contribution in [0.1, 0.15) is 34.1 Å². The number of hydrogen-bond acceptors (Lipinski definition) is 2. The average Bonchev–Trinajstić information content (AvgIpc) is 2.31. The molecular weight excluding hydrogens is 152 g/mol. The van der Waals surface area contributed by atoms with Crippen molar-refractivity contribution in [1.82, 2.24) is 0 Å². The van der Waals surface area contributed by atoms with Gasteiger partial charge in [-0.25, -0.2) is 0 Å². The van der Waals surface area contributed by atoms with Gasteiger partial charge in [0.25, 0.3) is 0 Å². The second-order valence-corrected chi connectivity index (χ2v) is 4.91. The van der Waals surface area contributed by atoms with Gasteiger partial charge in [-0.3, -0.25) is 0 Å². The molecule has 1 N–H and O–H groups in total. The first kappa shape index (κ1) is 10.0. The van der Waals surface area contributed by atoms with E-state index >= 15 is 0 Å². The Morgan fingerprint density at radius 2 is 2.00 bits per heavy atom. The molecule has 12 heavy (non-hydrogen) atoms. The van der Waals surface area contributed by atoms with E-state index in [1.165, 1.54) is 0 Å². The van der Waals surface area contributed by atoms with Crippen LogP contribution < -0.4 is 0 Å². The van der Waals surface area contributed by atoms with Gasteiger partial charge in [-0.15, -0.1) is 0 Å². The quantitative estimate of drug-likeness (QED) is 0.653. The predicted molar refractivity (Wildman–Crippen MR) is 49.0 cm³/mol. The summed E-state index contributed by atoms with van der Waals surface area (Å²) in [4.78, 5) is 0. The van der Waals surface area contributed by atoms with E-state index in [0.29, 0.717) is 5.92 Å². The summed E-state index contributed by atoms with van der Waals surface area (Å²) in [5, 5.41) is 9.93. The van der Waals surface area contributed by atoms with Crippen LogP contribution in [0.4, 0.5) is 0 Å². The molecule has 2 nitrogen and oxygen atoms in total. The first-order valence-corrected chi connectivity index (χ1v) is 4.72. The monoisotopic (exact) mass is 172 g/mol. The van der Waals surface area contributed by atoms with Crippen LogP contribution in [-0.2, 0) is 4.74 Å². The van der Waals surface area contributed by atoms with Gasteiger partial charge in [0.2, 0.25) is 0 Å². The van der Waals surface area contributed by atoms with Crippen molar-refractivity contribution < 1.29 is 9.84 Å². The lowest BCUT2D eigenvalue weighted by molar-refractivity contribution is -0.0678. The molecule has 1 heterocycles. The topological polar surface area (TPSA) is 29.5 Å². The Hall–Kier alpha value is -0.0800. The lowest BCUT2D eigenvalue weighted by atomic mass is 9.82. The maximum atomic E-state index is 9.93. The highest BCUT2D eigenvalue weighted by Crippen LogP contribution is 2.31. The largest absolute Gasteiger partial charge is 0.390 e. The van der Waals surface area contributed by atoms with Gasteiger partial charge in [0.1, 0.15) is 0 Å². The summed E-state index contributed by atoms with van der Waals surface area (Å²) in [5.74, 6) is 0.499. The van der Waals surface area contributed by atoms with Crippen molar-refractivity contribution >= 4 is 0 Å². The molecule has 0 aromatic carbocycles. The van der Waals surface area contributed by atoms with Crippen molar-refractivity contribution in [3.8, 4) is 0 Å². The fourth-order valence-corrected chi connectivity index (χ4v) is 1.61. The van der Waals surface area contributed by atoms with Gasteiger partial charge in [0.15, 0.2) is 0 Å². The smallest absolute Gasteiger partial charge is 0.0865 e. The minimum Gasteiger partial charge on any atom is -0.390 e. The third-order valence-corrected chi connectivity index (χ3v) is 2.64. The predicted octanol–water partition coefficient (Wildman–Crippen LogP) is 1.82. The summed E-state index contributed by atoms with van der Waals surface area (Å²) < 4.78 is 5.50. The van der Waals surface area contributed by atoms with Gasteiger partial charge in [0, 0.05) is 6.61 Å². The van der Waals surface area contributed by atoms with E-state index in [9.17, 15) is 5.11 Å². The molecule has 1 fully saturated rings. The average molecular weight is 172 g/mol. The molecule has 0 amide bonds. The van der Waals surface area contributed by atoms with Gasteiger partial charge < -0.3 is 9.84 Å². The first-order chi connectivity index (χ1) is 5.43. The standard InChI is InChI=1S/C10H20O2/c1-7-5-6-12-8(7)9(11)10(2,3)4/h7-9,11H,5-6H2,1-4H3. The SMILES string of the molecule is CC1CCOC1C(O)C(C)(C)C. The number of aliphatic hydroxyl groups is 1. The summed E-state index contributed by atoms with van der Waals surface area (Å²) in [6.45, 7) is 9.09. The van der Waals surface area contributed by atoms with Crippen LogP contribution in [0.2, 0.25) is 0 Å². The van der Waals surface area contributed by atoms with Crippen LogP contribution in [0.15, 0.2) is 0 Å². The molecule has 3 atom stereocenters. The van der Waals surface area contributed by atoms with Gasteiger partial charge >= 0.3 is 0 Å². The molecule has 0 aromatic heterocycles. The maximum Gasteiger partial charge on any atom is 0.0865 e. The van der Waals surface area contributed by atoms with Gasteiger partial charge in [-0.05, 0) is 17.8 Å². The lowest BCUT2D eigenvalue weighted by Crippen LogP contribution is -2.40. The van der Waals surface area contributed by atoms with Crippen molar-refractivity contribution in [1.29, 1.82) is 0 Å². The normalized spacial score (nSPS) is 33.8. The van der Waals surface area contributed by atoms with Crippen molar-refractivity contribution in [3.63, 3.8) is 0 Å². The van der Waals surface area contributed by atoms with Crippen LogP contribution in [0, 0.1) is 11.3 Å². The van der Waals surface area contributed by atoms with Crippen LogP contribution in [0.3, 0.4) is 0 Å². The third kappa shape index (κ3) is 1.99. The molecule has 1 saturated heterocycles. The van der Waals surface area contributed by atoms with Crippen molar-refractivity contribution in [2.75, 3.05) is 6.61 Å². The first-order valence-electron chi connectivity index (χ1n) is 4.72. The molecule has 0 aromatic rings. The van der Waals surface area contributed by atoms with Crippen LogP contribution in [-0.4, -0.2) is 23.9 Å². The molecule has 0 aliphatic carbocycles. The van der Waals surface area contributed by atoms with E-state index in [0.717, 1.165) is 13.0 Å².